The average molecular weight is 303 g/mol. The maximum absolute atomic E-state index is 12.6. The zero-order valence-corrected chi connectivity index (χ0v) is 12.5. The molecule has 1 aromatic carbocycles. The van der Waals surface area contributed by atoms with Crippen molar-refractivity contribution in [3.63, 3.8) is 0 Å². The van der Waals surface area contributed by atoms with Crippen molar-refractivity contribution >= 4 is 11.6 Å². The van der Waals surface area contributed by atoms with Crippen molar-refractivity contribution in [2.45, 2.75) is 52.0 Å². The molecular weight excluding hydrogens is 283 g/mol. The van der Waals surface area contributed by atoms with Crippen LogP contribution in [0.3, 0.4) is 0 Å². The van der Waals surface area contributed by atoms with Crippen LogP contribution in [0.5, 0.6) is 0 Å². The van der Waals surface area contributed by atoms with E-state index in [4.69, 9.17) is 4.74 Å². The predicted molar refractivity (Wildman–Crippen MR) is 75.0 cm³/mol. The standard InChI is InChI=1S/C15H20F3NO2/c1-5-12(21-14(2,3)4)13(20)19-11-8-6-7-10(9-11)15(16,17)18/h6-9,12H,5H2,1-4H3,(H,19,20). The molecule has 0 aliphatic heterocycles. The van der Waals surface area contributed by atoms with Crippen LogP contribution in [0, 0.1) is 0 Å². The van der Waals surface area contributed by atoms with Gasteiger partial charge in [-0.1, -0.05) is 13.0 Å². The van der Waals surface area contributed by atoms with Gasteiger partial charge in [0.2, 0.25) is 0 Å². The van der Waals surface area contributed by atoms with Crippen LogP contribution in [-0.4, -0.2) is 17.6 Å². The van der Waals surface area contributed by atoms with E-state index in [-0.39, 0.29) is 5.69 Å². The minimum atomic E-state index is -4.44. The van der Waals surface area contributed by atoms with E-state index in [1.54, 1.807) is 6.92 Å². The van der Waals surface area contributed by atoms with Gasteiger partial charge in [0.05, 0.1) is 11.2 Å². The lowest BCUT2D eigenvalue weighted by atomic mass is 10.1. The highest BCUT2D eigenvalue weighted by atomic mass is 19.4. The summed E-state index contributed by atoms with van der Waals surface area (Å²) in [4.78, 5) is 12.1. The number of benzene rings is 1. The number of halogens is 3. The highest BCUT2D eigenvalue weighted by Gasteiger charge is 2.31. The zero-order valence-electron chi connectivity index (χ0n) is 12.5. The molecule has 0 fully saturated rings. The van der Waals surface area contributed by atoms with Crippen LogP contribution in [0.1, 0.15) is 39.7 Å². The van der Waals surface area contributed by atoms with Crippen molar-refractivity contribution in [1.29, 1.82) is 0 Å². The number of nitrogens with one attached hydrogen (secondary N) is 1. The summed E-state index contributed by atoms with van der Waals surface area (Å²) in [6, 6.07) is 4.53. The van der Waals surface area contributed by atoms with Crippen LogP contribution in [0.15, 0.2) is 24.3 Å². The Kier molecular flexibility index (Phi) is 5.39. The van der Waals surface area contributed by atoms with E-state index in [0.717, 1.165) is 12.1 Å². The van der Waals surface area contributed by atoms with Gasteiger partial charge in [-0.3, -0.25) is 4.79 Å². The highest BCUT2D eigenvalue weighted by molar-refractivity contribution is 5.94. The molecule has 1 amide bonds. The van der Waals surface area contributed by atoms with Gasteiger partial charge in [-0.05, 0) is 45.4 Å². The monoisotopic (exact) mass is 303 g/mol. The molecule has 0 aromatic heterocycles. The smallest absolute Gasteiger partial charge is 0.363 e. The number of carbonyl (C=O) groups is 1. The molecule has 0 saturated heterocycles. The van der Waals surface area contributed by atoms with Gasteiger partial charge in [-0.2, -0.15) is 13.2 Å². The summed E-state index contributed by atoms with van der Waals surface area (Å²) in [7, 11) is 0. The first-order chi connectivity index (χ1) is 9.53. The first-order valence-corrected chi connectivity index (χ1v) is 6.69. The third-order valence-corrected chi connectivity index (χ3v) is 2.62. The van der Waals surface area contributed by atoms with E-state index < -0.39 is 29.4 Å². The Morgan fingerprint density at radius 3 is 2.38 bits per heavy atom. The molecule has 0 bridgehead atoms. The molecule has 0 radical (unpaired) electrons. The SMILES string of the molecule is CCC(OC(C)(C)C)C(=O)Nc1cccc(C(F)(F)F)c1. The number of hydrogen-bond acceptors (Lipinski definition) is 2. The lowest BCUT2D eigenvalue weighted by Crippen LogP contribution is -2.36. The molecule has 0 aliphatic carbocycles. The summed E-state index contributed by atoms with van der Waals surface area (Å²) in [6.07, 6.45) is -4.71. The normalized spacial score (nSPS) is 13.9. The second-order valence-corrected chi connectivity index (χ2v) is 5.69. The highest BCUT2D eigenvalue weighted by Crippen LogP contribution is 2.30. The number of alkyl halides is 3. The van der Waals surface area contributed by atoms with Crippen molar-refractivity contribution in [3.05, 3.63) is 29.8 Å². The number of amides is 1. The fourth-order valence-corrected chi connectivity index (χ4v) is 1.75. The summed E-state index contributed by atoms with van der Waals surface area (Å²) in [5, 5.41) is 2.46. The number of carbonyl (C=O) groups excluding carboxylic acids is 1. The molecule has 0 heterocycles. The second kappa shape index (κ2) is 6.47. The molecule has 21 heavy (non-hydrogen) atoms. The van der Waals surface area contributed by atoms with Crippen LogP contribution in [0.25, 0.3) is 0 Å². The molecule has 1 aromatic rings. The lowest BCUT2D eigenvalue weighted by molar-refractivity contribution is -0.138. The molecule has 6 heteroatoms. The lowest BCUT2D eigenvalue weighted by Gasteiger charge is -2.26. The Balaban J connectivity index is 2.83. The third-order valence-electron chi connectivity index (χ3n) is 2.62. The van der Waals surface area contributed by atoms with Crippen molar-refractivity contribution in [3.8, 4) is 0 Å². The Morgan fingerprint density at radius 1 is 1.29 bits per heavy atom. The van der Waals surface area contributed by atoms with E-state index in [9.17, 15) is 18.0 Å². The van der Waals surface area contributed by atoms with E-state index in [0.29, 0.717) is 6.42 Å². The molecule has 0 saturated carbocycles. The summed E-state index contributed by atoms with van der Waals surface area (Å²) < 4.78 is 43.4. The first-order valence-electron chi connectivity index (χ1n) is 6.69. The van der Waals surface area contributed by atoms with Crippen molar-refractivity contribution in [1.82, 2.24) is 0 Å². The molecular formula is C15H20F3NO2. The zero-order chi connectivity index (χ0) is 16.3. The Morgan fingerprint density at radius 2 is 1.90 bits per heavy atom. The van der Waals surface area contributed by atoms with Gasteiger partial charge in [0.25, 0.3) is 5.91 Å². The van der Waals surface area contributed by atoms with Gasteiger partial charge in [-0.15, -0.1) is 0 Å². The topological polar surface area (TPSA) is 38.3 Å². The Labute approximate surface area is 122 Å². The van der Waals surface area contributed by atoms with Crippen LogP contribution >= 0.6 is 0 Å². The number of ether oxygens (including phenoxy) is 1. The molecule has 1 atom stereocenters. The van der Waals surface area contributed by atoms with Gasteiger partial charge in [-0.25, -0.2) is 0 Å². The van der Waals surface area contributed by atoms with E-state index in [1.807, 2.05) is 20.8 Å². The molecule has 3 nitrogen and oxygen atoms in total. The summed E-state index contributed by atoms with van der Waals surface area (Å²) in [6.45, 7) is 7.22. The molecule has 118 valence electrons. The van der Waals surface area contributed by atoms with Crippen LogP contribution < -0.4 is 5.32 Å². The largest absolute Gasteiger partial charge is 0.416 e. The minimum Gasteiger partial charge on any atom is -0.363 e. The number of hydrogen-bond donors (Lipinski definition) is 1. The Hall–Kier alpha value is -1.56. The fourth-order valence-electron chi connectivity index (χ4n) is 1.75. The minimum absolute atomic E-state index is 0.103. The van der Waals surface area contributed by atoms with Gasteiger partial charge < -0.3 is 10.1 Å². The fraction of sp³-hybridized carbons (Fsp3) is 0.533. The van der Waals surface area contributed by atoms with E-state index >= 15 is 0 Å². The first kappa shape index (κ1) is 17.5. The number of anilines is 1. The summed E-state index contributed by atoms with van der Waals surface area (Å²) >= 11 is 0. The van der Waals surface area contributed by atoms with E-state index in [1.165, 1.54) is 12.1 Å². The quantitative estimate of drug-likeness (QED) is 0.903. The maximum Gasteiger partial charge on any atom is 0.416 e. The molecule has 1 unspecified atom stereocenters. The summed E-state index contributed by atoms with van der Waals surface area (Å²) in [5.41, 5.74) is -1.21. The molecule has 0 aliphatic rings. The van der Waals surface area contributed by atoms with Crippen LogP contribution in [-0.2, 0) is 15.7 Å². The second-order valence-electron chi connectivity index (χ2n) is 5.69. The Bertz CT molecular complexity index is 492. The van der Waals surface area contributed by atoms with Gasteiger partial charge in [0, 0.05) is 5.69 Å². The average Bonchev–Trinajstić information content (AvgIpc) is 2.34. The molecule has 0 spiro atoms. The van der Waals surface area contributed by atoms with Crippen molar-refractivity contribution in [2.24, 2.45) is 0 Å². The van der Waals surface area contributed by atoms with Crippen molar-refractivity contribution < 1.29 is 22.7 Å². The van der Waals surface area contributed by atoms with Gasteiger partial charge in [0.15, 0.2) is 0 Å². The predicted octanol–water partition coefficient (Wildman–Crippen LogP) is 4.24. The number of rotatable bonds is 4. The summed E-state index contributed by atoms with van der Waals surface area (Å²) in [5.74, 6) is -0.452. The third kappa shape index (κ3) is 5.75. The molecule has 1 rings (SSSR count). The van der Waals surface area contributed by atoms with Gasteiger partial charge in [0.1, 0.15) is 6.10 Å². The van der Waals surface area contributed by atoms with Crippen LogP contribution in [0.2, 0.25) is 0 Å². The molecule has 1 N–H and O–H groups in total. The van der Waals surface area contributed by atoms with Crippen LogP contribution in [0.4, 0.5) is 18.9 Å². The van der Waals surface area contributed by atoms with E-state index in [2.05, 4.69) is 5.32 Å². The van der Waals surface area contributed by atoms with Gasteiger partial charge >= 0.3 is 6.18 Å². The van der Waals surface area contributed by atoms with Crippen molar-refractivity contribution in [2.75, 3.05) is 5.32 Å². The maximum atomic E-state index is 12.6.